The van der Waals surface area contributed by atoms with Crippen molar-refractivity contribution in [3.63, 3.8) is 0 Å². The molecule has 0 aromatic heterocycles. The second kappa shape index (κ2) is 5.19. The van der Waals surface area contributed by atoms with Crippen LogP contribution in [0.5, 0.6) is 0 Å². The molecule has 76 valence electrons. The van der Waals surface area contributed by atoms with Crippen LogP contribution in [0.25, 0.3) is 0 Å². The zero-order valence-electron chi connectivity index (χ0n) is 8.16. The Hall–Kier alpha value is -0.610. The van der Waals surface area contributed by atoms with Crippen molar-refractivity contribution in [2.45, 2.75) is 13.3 Å². The van der Waals surface area contributed by atoms with E-state index in [0.29, 0.717) is 19.1 Å². The van der Waals surface area contributed by atoms with Gasteiger partial charge in [-0.2, -0.15) is 0 Å². The lowest BCUT2D eigenvalue weighted by atomic mass is 10.1. The lowest BCUT2D eigenvalue weighted by molar-refractivity contribution is -0.144. The molecule has 1 heterocycles. The highest BCUT2D eigenvalue weighted by molar-refractivity contribution is 5.71. The van der Waals surface area contributed by atoms with E-state index in [-0.39, 0.29) is 5.97 Å². The number of nitrogens with two attached hydrogens (primary N) is 1. The first-order valence-electron chi connectivity index (χ1n) is 4.84. The van der Waals surface area contributed by atoms with Gasteiger partial charge in [-0.05, 0) is 32.4 Å². The Morgan fingerprint density at radius 3 is 3.00 bits per heavy atom. The number of hydrogen-bond acceptors (Lipinski definition) is 4. The van der Waals surface area contributed by atoms with Crippen LogP contribution in [0.4, 0.5) is 0 Å². The Labute approximate surface area is 79.0 Å². The van der Waals surface area contributed by atoms with Gasteiger partial charge in [-0.1, -0.05) is 0 Å². The molecule has 1 fully saturated rings. The van der Waals surface area contributed by atoms with Gasteiger partial charge >= 0.3 is 5.97 Å². The third-order valence-corrected chi connectivity index (χ3v) is 2.36. The molecule has 0 saturated carbocycles. The molecule has 0 spiro atoms. The van der Waals surface area contributed by atoms with E-state index in [0.717, 1.165) is 26.1 Å². The predicted molar refractivity (Wildman–Crippen MR) is 50.2 cm³/mol. The van der Waals surface area contributed by atoms with Crippen LogP contribution in [0.1, 0.15) is 13.3 Å². The molecule has 1 saturated heterocycles. The largest absolute Gasteiger partial charge is 0.465 e. The van der Waals surface area contributed by atoms with Crippen molar-refractivity contribution in [3.05, 3.63) is 0 Å². The molecule has 1 aliphatic heterocycles. The summed E-state index contributed by atoms with van der Waals surface area (Å²) in [5, 5.41) is 0. The van der Waals surface area contributed by atoms with Crippen LogP contribution in [-0.2, 0) is 9.53 Å². The summed E-state index contributed by atoms with van der Waals surface area (Å²) in [5.41, 5.74) is 5.54. The number of carbonyl (C=O) groups is 1. The molecule has 0 aromatic carbocycles. The normalized spacial score (nSPS) is 23.4. The molecular weight excluding hydrogens is 168 g/mol. The fraction of sp³-hybridized carbons (Fsp3) is 0.889. The standard InChI is InChI=1S/C9H18N2O2/c1-2-13-9(12)7-11-4-3-8(5-10)6-11/h8H,2-7,10H2,1H3. The van der Waals surface area contributed by atoms with Crippen molar-refractivity contribution < 1.29 is 9.53 Å². The zero-order valence-corrected chi connectivity index (χ0v) is 8.16. The average Bonchev–Trinajstić information content (AvgIpc) is 2.52. The minimum atomic E-state index is -0.125. The van der Waals surface area contributed by atoms with Crippen molar-refractivity contribution in [1.82, 2.24) is 4.90 Å². The maximum Gasteiger partial charge on any atom is 0.320 e. The Morgan fingerprint density at radius 1 is 1.69 bits per heavy atom. The maximum atomic E-state index is 11.1. The molecule has 13 heavy (non-hydrogen) atoms. The summed E-state index contributed by atoms with van der Waals surface area (Å²) in [4.78, 5) is 13.2. The van der Waals surface area contributed by atoms with Crippen LogP contribution in [0.3, 0.4) is 0 Å². The average molecular weight is 186 g/mol. The fourth-order valence-electron chi connectivity index (χ4n) is 1.64. The topological polar surface area (TPSA) is 55.6 Å². The SMILES string of the molecule is CCOC(=O)CN1CCC(CN)C1. The molecule has 0 radical (unpaired) electrons. The van der Waals surface area contributed by atoms with Gasteiger partial charge in [0.1, 0.15) is 0 Å². The molecule has 0 aromatic rings. The van der Waals surface area contributed by atoms with E-state index in [2.05, 4.69) is 4.90 Å². The number of rotatable bonds is 4. The summed E-state index contributed by atoms with van der Waals surface area (Å²) < 4.78 is 4.86. The minimum absolute atomic E-state index is 0.125. The van der Waals surface area contributed by atoms with Crippen LogP contribution >= 0.6 is 0 Å². The predicted octanol–water partition coefficient (Wildman–Crippen LogP) is -0.170. The second-order valence-electron chi connectivity index (χ2n) is 3.43. The van der Waals surface area contributed by atoms with Crippen molar-refractivity contribution >= 4 is 5.97 Å². The van der Waals surface area contributed by atoms with E-state index < -0.39 is 0 Å². The third kappa shape index (κ3) is 3.32. The quantitative estimate of drug-likeness (QED) is 0.619. The van der Waals surface area contributed by atoms with Crippen LogP contribution in [0.2, 0.25) is 0 Å². The number of carbonyl (C=O) groups excluding carboxylic acids is 1. The highest BCUT2D eigenvalue weighted by Gasteiger charge is 2.22. The molecule has 0 bridgehead atoms. The van der Waals surface area contributed by atoms with Crippen LogP contribution in [-0.4, -0.2) is 43.7 Å². The molecular formula is C9H18N2O2. The van der Waals surface area contributed by atoms with Gasteiger partial charge in [0.15, 0.2) is 0 Å². The summed E-state index contributed by atoms with van der Waals surface area (Å²) in [6, 6.07) is 0. The van der Waals surface area contributed by atoms with E-state index in [1.165, 1.54) is 0 Å². The monoisotopic (exact) mass is 186 g/mol. The van der Waals surface area contributed by atoms with Crippen molar-refractivity contribution in [1.29, 1.82) is 0 Å². The van der Waals surface area contributed by atoms with Gasteiger partial charge in [-0.15, -0.1) is 0 Å². The third-order valence-electron chi connectivity index (χ3n) is 2.36. The molecule has 1 unspecified atom stereocenters. The van der Waals surface area contributed by atoms with Gasteiger partial charge in [0, 0.05) is 6.54 Å². The summed E-state index contributed by atoms with van der Waals surface area (Å²) in [6.45, 7) is 5.34. The molecule has 1 rings (SSSR count). The first kappa shape index (κ1) is 10.5. The van der Waals surface area contributed by atoms with Crippen molar-refractivity contribution in [2.75, 3.05) is 32.8 Å². The molecule has 4 nitrogen and oxygen atoms in total. The summed E-state index contributed by atoms with van der Waals surface area (Å²) >= 11 is 0. The zero-order chi connectivity index (χ0) is 9.68. The molecule has 0 amide bonds. The van der Waals surface area contributed by atoms with E-state index in [9.17, 15) is 4.79 Å². The Kier molecular flexibility index (Phi) is 4.18. The molecule has 0 aliphatic carbocycles. The fourth-order valence-corrected chi connectivity index (χ4v) is 1.64. The van der Waals surface area contributed by atoms with Crippen LogP contribution in [0, 0.1) is 5.92 Å². The van der Waals surface area contributed by atoms with Crippen LogP contribution in [0.15, 0.2) is 0 Å². The minimum Gasteiger partial charge on any atom is -0.465 e. The Bertz CT molecular complexity index is 173. The Morgan fingerprint density at radius 2 is 2.46 bits per heavy atom. The Balaban J connectivity index is 2.19. The van der Waals surface area contributed by atoms with Crippen molar-refractivity contribution in [3.8, 4) is 0 Å². The number of nitrogens with zero attached hydrogens (tertiary/aromatic N) is 1. The van der Waals surface area contributed by atoms with E-state index in [1.807, 2.05) is 6.92 Å². The highest BCUT2D eigenvalue weighted by Crippen LogP contribution is 2.13. The second-order valence-corrected chi connectivity index (χ2v) is 3.43. The molecule has 1 aliphatic rings. The molecule has 1 atom stereocenters. The number of hydrogen-bond donors (Lipinski definition) is 1. The van der Waals surface area contributed by atoms with Gasteiger partial charge < -0.3 is 10.5 Å². The summed E-state index contributed by atoms with van der Waals surface area (Å²) in [6.07, 6.45) is 1.11. The number of esters is 1. The van der Waals surface area contributed by atoms with Gasteiger partial charge in [-0.25, -0.2) is 0 Å². The van der Waals surface area contributed by atoms with E-state index in [4.69, 9.17) is 10.5 Å². The van der Waals surface area contributed by atoms with Gasteiger partial charge in [0.05, 0.1) is 13.2 Å². The van der Waals surface area contributed by atoms with E-state index >= 15 is 0 Å². The van der Waals surface area contributed by atoms with Gasteiger partial charge in [-0.3, -0.25) is 9.69 Å². The first-order chi connectivity index (χ1) is 6.26. The molecule has 2 N–H and O–H groups in total. The van der Waals surface area contributed by atoms with Gasteiger partial charge in [0.25, 0.3) is 0 Å². The lowest BCUT2D eigenvalue weighted by Gasteiger charge is -2.13. The van der Waals surface area contributed by atoms with Crippen LogP contribution < -0.4 is 5.73 Å². The van der Waals surface area contributed by atoms with E-state index in [1.54, 1.807) is 0 Å². The number of likely N-dealkylation sites (tertiary alicyclic amines) is 1. The van der Waals surface area contributed by atoms with Crippen molar-refractivity contribution in [2.24, 2.45) is 11.7 Å². The molecule has 4 heteroatoms. The first-order valence-corrected chi connectivity index (χ1v) is 4.84. The summed E-state index contributed by atoms with van der Waals surface area (Å²) in [5.74, 6) is 0.439. The lowest BCUT2D eigenvalue weighted by Crippen LogP contribution is -2.30. The summed E-state index contributed by atoms with van der Waals surface area (Å²) in [7, 11) is 0. The highest BCUT2D eigenvalue weighted by atomic mass is 16.5. The number of ether oxygens (including phenoxy) is 1. The smallest absolute Gasteiger partial charge is 0.320 e. The maximum absolute atomic E-state index is 11.1. The van der Waals surface area contributed by atoms with Gasteiger partial charge in [0.2, 0.25) is 0 Å².